The van der Waals surface area contributed by atoms with Gasteiger partial charge >= 0.3 is 8.53 Å². The van der Waals surface area contributed by atoms with E-state index in [1.807, 2.05) is 6.07 Å². The van der Waals surface area contributed by atoms with Gasteiger partial charge in [-0.1, -0.05) is 45.9 Å². The fourth-order valence-electron chi connectivity index (χ4n) is 2.53. The van der Waals surface area contributed by atoms with Crippen LogP contribution in [0.2, 0.25) is 0 Å². The summed E-state index contributed by atoms with van der Waals surface area (Å²) in [5.41, 5.74) is 1.27. The lowest BCUT2D eigenvalue weighted by atomic mass is 9.86. The summed E-state index contributed by atoms with van der Waals surface area (Å²) in [7, 11) is -1.12. The lowest BCUT2D eigenvalue weighted by molar-refractivity contribution is 0.216. The van der Waals surface area contributed by atoms with Crippen LogP contribution in [0, 0.1) is 0 Å². The van der Waals surface area contributed by atoms with Gasteiger partial charge in [0.2, 0.25) is 0 Å². The minimum Gasteiger partial charge on any atom is -0.435 e. The van der Waals surface area contributed by atoms with Gasteiger partial charge in [-0.25, -0.2) is 4.67 Å². The fourth-order valence-corrected chi connectivity index (χ4v) is 4.23. The first-order valence-electron chi connectivity index (χ1n) is 8.67. The number of benzene rings is 1. The number of nitrogens with zero attached hydrogens (tertiary/aromatic N) is 1. The molecule has 1 unspecified atom stereocenters. The summed E-state index contributed by atoms with van der Waals surface area (Å²) in [6.07, 6.45) is 0.993. The van der Waals surface area contributed by atoms with E-state index in [2.05, 4.69) is 78.3 Å². The molecule has 3 nitrogen and oxygen atoms in total. The first-order valence-corrected chi connectivity index (χ1v) is 9.80. The first-order chi connectivity index (χ1) is 10.7. The van der Waals surface area contributed by atoms with E-state index in [0.717, 1.165) is 18.8 Å². The van der Waals surface area contributed by atoms with Crippen LogP contribution in [0.3, 0.4) is 0 Å². The maximum Gasteiger partial charge on any atom is 0.321 e. The molecule has 0 bridgehead atoms. The Morgan fingerprint density at radius 2 is 1.61 bits per heavy atom. The summed E-state index contributed by atoms with van der Waals surface area (Å²) in [4.78, 5) is 0. The van der Waals surface area contributed by atoms with Crippen molar-refractivity contribution < 1.29 is 9.05 Å². The average Bonchev–Trinajstić information content (AvgIpc) is 2.43. The minimum absolute atomic E-state index is 0.0445. The second-order valence-corrected chi connectivity index (χ2v) is 8.85. The largest absolute Gasteiger partial charge is 0.435 e. The van der Waals surface area contributed by atoms with Gasteiger partial charge in [-0.15, -0.1) is 0 Å². The van der Waals surface area contributed by atoms with Crippen molar-refractivity contribution in [1.82, 2.24) is 4.67 Å². The van der Waals surface area contributed by atoms with Gasteiger partial charge < -0.3 is 9.05 Å². The molecule has 0 radical (unpaired) electrons. The molecule has 0 spiro atoms. The molecule has 1 atom stereocenters. The van der Waals surface area contributed by atoms with Crippen molar-refractivity contribution in [2.24, 2.45) is 0 Å². The normalized spacial score (nSPS) is 13.9. The number of rotatable bonds is 8. The molecule has 23 heavy (non-hydrogen) atoms. The Hall–Kier alpha value is -0.630. The van der Waals surface area contributed by atoms with Crippen molar-refractivity contribution in [2.45, 2.75) is 79.3 Å². The lowest BCUT2D eigenvalue weighted by Gasteiger charge is -2.36. The van der Waals surface area contributed by atoms with Crippen LogP contribution in [0.5, 0.6) is 5.75 Å². The highest BCUT2D eigenvalue weighted by molar-refractivity contribution is 7.45. The molecule has 0 aliphatic heterocycles. The molecular formula is C19H34NO2P. The van der Waals surface area contributed by atoms with Crippen LogP contribution < -0.4 is 4.52 Å². The predicted octanol–water partition coefficient (Wildman–Crippen LogP) is 6.14. The Morgan fingerprint density at radius 3 is 2.09 bits per heavy atom. The van der Waals surface area contributed by atoms with E-state index in [4.69, 9.17) is 9.05 Å². The van der Waals surface area contributed by atoms with Crippen LogP contribution in [-0.2, 0) is 9.94 Å². The monoisotopic (exact) mass is 339 g/mol. The van der Waals surface area contributed by atoms with Crippen molar-refractivity contribution in [3.05, 3.63) is 29.8 Å². The number of para-hydroxylation sites is 1. The van der Waals surface area contributed by atoms with Gasteiger partial charge in [-0.05, 0) is 51.2 Å². The lowest BCUT2D eigenvalue weighted by Crippen LogP contribution is -2.34. The molecule has 1 aromatic rings. The average molecular weight is 339 g/mol. The van der Waals surface area contributed by atoms with Gasteiger partial charge in [0, 0.05) is 12.1 Å². The SMILES string of the molecule is CCCOP(Oc1ccccc1C(C)(C)C)N(C(C)C)C(C)C. The summed E-state index contributed by atoms with van der Waals surface area (Å²) in [6, 6.07) is 9.07. The van der Waals surface area contributed by atoms with Gasteiger partial charge in [0.05, 0.1) is 6.61 Å². The zero-order valence-electron chi connectivity index (χ0n) is 16.1. The highest BCUT2D eigenvalue weighted by Gasteiger charge is 2.30. The predicted molar refractivity (Wildman–Crippen MR) is 101 cm³/mol. The van der Waals surface area contributed by atoms with Gasteiger partial charge in [0.25, 0.3) is 0 Å². The van der Waals surface area contributed by atoms with E-state index in [1.165, 1.54) is 5.56 Å². The van der Waals surface area contributed by atoms with Gasteiger partial charge in [-0.3, -0.25) is 0 Å². The van der Waals surface area contributed by atoms with Crippen molar-refractivity contribution in [2.75, 3.05) is 6.61 Å². The minimum atomic E-state index is -1.12. The van der Waals surface area contributed by atoms with E-state index in [-0.39, 0.29) is 5.41 Å². The van der Waals surface area contributed by atoms with Crippen LogP contribution in [0.25, 0.3) is 0 Å². The fraction of sp³-hybridized carbons (Fsp3) is 0.684. The maximum atomic E-state index is 6.43. The van der Waals surface area contributed by atoms with Crippen molar-refractivity contribution in [1.29, 1.82) is 0 Å². The summed E-state index contributed by atoms with van der Waals surface area (Å²) < 4.78 is 14.9. The Kier molecular flexibility index (Phi) is 8.00. The molecule has 0 fully saturated rings. The molecule has 132 valence electrons. The third kappa shape index (κ3) is 6.06. The van der Waals surface area contributed by atoms with Crippen molar-refractivity contribution in [3.8, 4) is 5.75 Å². The summed E-state index contributed by atoms with van der Waals surface area (Å²) in [5, 5.41) is 0. The van der Waals surface area contributed by atoms with E-state index >= 15 is 0 Å². The Morgan fingerprint density at radius 1 is 1.04 bits per heavy atom. The zero-order valence-corrected chi connectivity index (χ0v) is 17.0. The Bertz CT molecular complexity index is 461. The third-order valence-corrected chi connectivity index (χ3v) is 5.58. The third-order valence-electron chi connectivity index (χ3n) is 3.52. The van der Waals surface area contributed by atoms with Crippen molar-refractivity contribution in [3.63, 3.8) is 0 Å². The highest BCUT2D eigenvalue weighted by atomic mass is 31.2. The molecule has 0 heterocycles. The van der Waals surface area contributed by atoms with Gasteiger partial charge in [0.15, 0.2) is 0 Å². The van der Waals surface area contributed by atoms with Crippen LogP contribution in [-0.4, -0.2) is 23.4 Å². The number of hydrogen-bond donors (Lipinski definition) is 0. The molecule has 0 aromatic heterocycles. The van der Waals surface area contributed by atoms with Crippen molar-refractivity contribution >= 4 is 8.53 Å². The maximum absolute atomic E-state index is 6.43. The molecule has 4 heteroatoms. The smallest absolute Gasteiger partial charge is 0.321 e. The Labute approximate surface area is 144 Å². The van der Waals surface area contributed by atoms with E-state index in [0.29, 0.717) is 12.1 Å². The molecule has 0 saturated carbocycles. The van der Waals surface area contributed by atoms with Crippen LogP contribution in [0.1, 0.15) is 67.4 Å². The summed E-state index contributed by atoms with van der Waals surface area (Å²) in [6.45, 7) is 18.3. The molecule has 0 aliphatic carbocycles. The van der Waals surface area contributed by atoms with Crippen LogP contribution in [0.15, 0.2) is 24.3 Å². The molecular weight excluding hydrogens is 305 g/mol. The van der Waals surface area contributed by atoms with E-state index in [1.54, 1.807) is 0 Å². The van der Waals surface area contributed by atoms with E-state index in [9.17, 15) is 0 Å². The second kappa shape index (κ2) is 9.01. The van der Waals surface area contributed by atoms with Crippen LogP contribution in [0.4, 0.5) is 0 Å². The number of hydrogen-bond acceptors (Lipinski definition) is 3. The zero-order chi connectivity index (χ0) is 17.6. The standard InChI is InChI=1S/C19H34NO2P/c1-9-14-21-23(20(15(2)3)16(4)5)22-18-13-11-10-12-17(18)19(6,7)8/h10-13,15-16H,9,14H2,1-8H3. The molecule has 0 N–H and O–H groups in total. The summed E-state index contributed by atoms with van der Waals surface area (Å²) in [5.74, 6) is 0.938. The second-order valence-electron chi connectivity index (χ2n) is 7.48. The highest BCUT2D eigenvalue weighted by Crippen LogP contribution is 2.48. The quantitative estimate of drug-likeness (QED) is 0.531. The molecule has 0 amide bonds. The first kappa shape index (κ1) is 20.4. The summed E-state index contributed by atoms with van der Waals surface area (Å²) >= 11 is 0. The molecule has 0 aliphatic rings. The topological polar surface area (TPSA) is 21.7 Å². The van der Waals surface area contributed by atoms with Gasteiger partial charge in [-0.2, -0.15) is 0 Å². The Balaban J connectivity index is 3.11. The van der Waals surface area contributed by atoms with Gasteiger partial charge in [0.1, 0.15) is 5.75 Å². The van der Waals surface area contributed by atoms with Crippen LogP contribution >= 0.6 is 8.53 Å². The van der Waals surface area contributed by atoms with E-state index < -0.39 is 8.53 Å². The molecule has 1 rings (SSSR count). The molecule has 1 aromatic carbocycles. The molecule has 0 saturated heterocycles.